The molecule has 0 bridgehead atoms. The predicted molar refractivity (Wildman–Crippen MR) is 58.6 cm³/mol. The minimum Gasteiger partial charge on any atom is -0.390 e. The van der Waals surface area contributed by atoms with Gasteiger partial charge in [0, 0.05) is 5.54 Å². The summed E-state index contributed by atoms with van der Waals surface area (Å²) >= 11 is 0. The number of aliphatic hydroxyl groups is 3. The van der Waals surface area contributed by atoms with Gasteiger partial charge < -0.3 is 20.6 Å². The Labute approximate surface area is 95.5 Å². The lowest BCUT2D eigenvalue weighted by Crippen LogP contribution is -2.54. The molecular formula is C11H21NO4. The molecule has 0 unspecified atom stereocenters. The van der Waals surface area contributed by atoms with E-state index in [1.807, 2.05) is 20.8 Å². The highest BCUT2D eigenvalue weighted by Crippen LogP contribution is 2.26. The number of carbonyl (C=O) groups excluding carboxylic acids is 1. The van der Waals surface area contributed by atoms with Gasteiger partial charge in [0.2, 0.25) is 5.91 Å². The molecule has 0 spiro atoms. The Hall–Kier alpha value is -0.650. The Morgan fingerprint density at radius 3 is 2.19 bits per heavy atom. The van der Waals surface area contributed by atoms with E-state index in [2.05, 4.69) is 5.32 Å². The molecule has 0 aliphatic heterocycles. The van der Waals surface area contributed by atoms with E-state index in [0.29, 0.717) is 12.8 Å². The van der Waals surface area contributed by atoms with Gasteiger partial charge in [-0.25, -0.2) is 0 Å². The molecule has 0 aromatic carbocycles. The van der Waals surface area contributed by atoms with Gasteiger partial charge in [0.05, 0.1) is 18.1 Å². The van der Waals surface area contributed by atoms with Crippen LogP contribution in [-0.2, 0) is 4.79 Å². The van der Waals surface area contributed by atoms with E-state index in [-0.39, 0.29) is 11.4 Å². The molecule has 1 saturated carbocycles. The highest BCUT2D eigenvalue weighted by atomic mass is 16.4. The molecule has 0 aromatic rings. The minimum absolute atomic E-state index is 0.272. The monoisotopic (exact) mass is 231 g/mol. The molecule has 0 radical (unpaired) electrons. The maximum Gasteiger partial charge on any atom is 0.226 e. The quantitative estimate of drug-likeness (QED) is 0.485. The first-order valence-electron chi connectivity index (χ1n) is 5.58. The molecule has 16 heavy (non-hydrogen) atoms. The fraction of sp³-hybridized carbons (Fsp3) is 0.909. The van der Waals surface area contributed by atoms with Crippen molar-refractivity contribution in [1.82, 2.24) is 5.32 Å². The summed E-state index contributed by atoms with van der Waals surface area (Å²) in [6, 6.07) is 0. The second kappa shape index (κ2) is 4.69. The molecule has 1 rings (SSSR count). The largest absolute Gasteiger partial charge is 0.390 e. The van der Waals surface area contributed by atoms with Crippen LogP contribution in [0.1, 0.15) is 33.6 Å². The topological polar surface area (TPSA) is 89.8 Å². The van der Waals surface area contributed by atoms with Crippen LogP contribution in [0.4, 0.5) is 0 Å². The molecule has 4 N–H and O–H groups in total. The van der Waals surface area contributed by atoms with Crippen LogP contribution < -0.4 is 5.32 Å². The lowest BCUT2D eigenvalue weighted by Gasteiger charge is -2.35. The Morgan fingerprint density at radius 1 is 1.12 bits per heavy atom. The zero-order chi connectivity index (χ0) is 12.5. The summed E-state index contributed by atoms with van der Waals surface area (Å²) < 4.78 is 0. The normalized spacial score (nSPS) is 35.9. The van der Waals surface area contributed by atoms with Crippen molar-refractivity contribution in [2.24, 2.45) is 5.92 Å². The Bertz CT molecular complexity index is 261. The van der Waals surface area contributed by atoms with Crippen molar-refractivity contribution < 1.29 is 20.1 Å². The Balaban J connectivity index is 2.64. The second-order valence-electron chi connectivity index (χ2n) is 5.47. The van der Waals surface area contributed by atoms with Gasteiger partial charge in [-0.1, -0.05) is 0 Å². The average molecular weight is 231 g/mol. The summed E-state index contributed by atoms with van der Waals surface area (Å²) in [7, 11) is 0. The molecule has 5 nitrogen and oxygen atoms in total. The maximum absolute atomic E-state index is 11.8. The van der Waals surface area contributed by atoms with Gasteiger partial charge in [0.25, 0.3) is 0 Å². The van der Waals surface area contributed by atoms with E-state index in [4.69, 9.17) is 0 Å². The third kappa shape index (κ3) is 3.17. The van der Waals surface area contributed by atoms with Crippen molar-refractivity contribution >= 4 is 5.91 Å². The SMILES string of the molecule is CC(C)(C)NC(=O)[C@H]1CC[C@H](O)[C@@H](O)[C@H]1O. The van der Waals surface area contributed by atoms with Crippen LogP contribution >= 0.6 is 0 Å². The zero-order valence-electron chi connectivity index (χ0n) is 9.97. The molecule has 1 fully saturated rings. The van der Waals surface area contributed by atoms with Gasteiger partial charge in [-0.2, -0.15) is 0 Å². The van der Waals surface area contributed by atoms with Crippen molar-refractivity contribution in [3.63, 3.8) is 0 Å². The van der Waals surface area contributed by atoms with Crippen molar-refractivity contribution in [3.05, 3.63) is 0 Å². The van der Waals surface area contributed by atoms with Crippen LogP contribution in [0.3, 0.4) is 0 Å². The first-order valence-corrected chi connectivity index (χ1v) is 5.58. The van der Waals surface area contributed by atoms with Crippen LogP contribution in [0.15, 0.2) is 0 Å². The number of carbonyl (C=O) groups is 1. The standard InChI is InChI=1S/C11H21NO4/c1-11(2,3)12-10(16)6-4-5-7(13)9(15)8(6)14/h6-9,13-15H,4-5H2,1-3H3,(H,12,16)/t6-,7-,8-,9+/m0/s1. The first kappa shape index (κ1) is 13.4. The number of hydrogen-bond acceptors (Lipinski definition) is 4. The Kier molecular flexibility index (Phi) is 3.93. The van der Waals surface area contributed by atoms with Crippen LogP contribution in [0.2, 0.25) is 0 Å². The van der Waals surface area contributed by atoms with Crippen molar-refractivity contribution in [2.45, 2.75) is 57.5 Å². The molecule has 94 valence electrons. The molecule has 1 aliphatic rings. The first-order chi connectivity index (χ1) is 7.22. The van der Waals surface area contributed by atoms with Gasteiger partial charge >= 0.3 is 0 Å². The van der Waals surface area contributed by atoms with Crippen LogP contribution in [-0.4, -0.2) is 45.1 Å². The average Bonchev–Trinajstić information content (AvgIpc) is 2.11. The van der Waals surface area contributed by atoms with E-state index in [9.17, 15) is 20.1 Å². The van der Waals surface area contributed by atoms with E-state index >= 15 is 0 Å². The van der Waals surface area contributed by atoms with E-state index in [1.54, 1.807) is 0 Å². The van der Waals surface area contributed by atoms with Gasteiger partial charge in [-0.15, -0.1) is 0 Å². The minimum atomic E-state index is -1.23. The van der Waals surface area contributed by atoms with Gasteiger partial charge in [-0.3, -0.25) is 4.79 Å². The number of hydrogen-bond donors (Lipinski definition) is 4. The summed E-state index contributed by atoms with van der Waals surface area (Å²) in [6.45, 7) is 5.56. The van der Waals surface area contributed by atoms with E-state index in [1.165, 1.54) is 0 Å². The number of nitrogens with one attached hydrogen (secondary N) is 1. The molecule has 1 amide bonds. The lowest BCUT2D eigenvalue weighted by atomic mass is 9.82. The number of aliphatic hydroxyl groups excluding tert-OH is 3. The molecule has 1 aliphatic carbocycles. The smallest absolute Gasteiger partial charge is 0.226 e. The summed E-state index contributed by atoms with van der Waals surface area (Å²) in [4.78, 5) is 11.8. The third-order valence-electron chi connectivity index (χ3n) is 2.76. The van der Waals surface area contributed by atoms with Gasteiger partial charge in [0.1, 0.15) is 6.10 Å². The summed E-state index contributed by atoms with van der Waals surface area (Å²) in [6.07, 6.45) is -2.63. The van der Waals surface area contributed by atoms with Gasteiger partial charge in [-0.05, 0) is 33.6 Å². The summed E-state index contributed by atoms with van der Waals surface area (Å²) in [5.41, 5.74) is -0.363. The predicted octanol–water partition coefficient (Wildman–Crippen LogP) is -0.606. The molecule has 0 aromatic heterocycles. The number of rotatable bonds is 1. The van der Waals surface area contributed by atoms with Crippen LogP contribution in [0, 0.1) is 5.92 Å². The van der Waals surface area contributed by atoms with Crippen molar-refractivity contribution in [1.29, 1.82) is 0 Å². The molecule has 4 atom stereocenters. The Morgan fingerprint density at radius 2 is 1.69 bits per heavy atom. The molecule has 0 saturated heterocycles. The van der Waals surface area contributed by atoms with Crippen molar-refractivity contribution in [2.75, 3.05) is 0 Å². The summed E-state index contributed by atoms with van der Waals surface area (Å²) in [5, 5.41) is 31.3. The zero-order valence-corrected chi connectivity index (χ0v) is 9.97. The molecule has 5 heteroatoms. The van der Waals surface area contributed by atoms with E-state index < -0.39 is 24.2 Å². The highest BCUT2D eigenvalue weighted by molar-refractivity contribution is 5.80. The fourth-order valence-corrected chi connectivity index (χ4v) is 1.91. The number of amides is 1. The third-order valence-corrected chi connectivity index (χ3v) is 2.76. The lowest BCUT2D eigenvalue weighted by molar-refractivity contribution is -0.146. The van der Waals surface area contributed by atoms with Gasteiger partial charge in [0.15, 0.2) is 0 Å². The van der Waals surface area contributed by atoms with Crippen LogP contribution in [0.25, 0.3) is 0 Å². The van der Waals surface area contributed by atoms with E-state index in [0.717, 1.165) is 0 Å². The van der Waals surface area contributed by atoms with Crippen LogP contribution in [0.5, 0.6) is 0 Å². The molecule has 0 heterocycles. The highest BCUT2D eigenvalue weighted by Gasteiger charge is 2.40. The summed E-state index contributed by atoms with van der Waals surface area (Å²) in [5.74, 6) is -0.913. The second-order valence-corrected chi connectivity index (χ2v) is 5.47. The maximum atomic E-state index is 11.8. The van der Waals surface area contributed by atoms with Crippen molar-refractivity contribution in [3.8, 4) is 0 Å². The fourth-order valence-electron chi connectivity index (χ4n) is 1.91. The molecular weight excluding hydrogens is 210 g/mol.